The zero-order valence-corrected chi connectivity index (χ0v) is 19.5. The van der Waals surface area contributed by atoms with Crippen molar-refractivity contribution in [3.05, 3.63) is 83.3 Å². The maximum Gasteiger partial charge on any atom is 0.291 e. The first-order valence-electron chi connectivity index (χ1n) is 11.6. The van der Waals surface area contributed by atoms with E-state index in [0.717, 1.165) is 18.4 Å². The molecule has 1 fully saturated rings. The third kappa shape index (κ3) is 5.36. The molecule has 7 heteroatoms. The van der Waals surface area contributed by atoms with Gasteiger partial charge in [0.2, 0.25) is 0 Å². The van der Waals surface area contributed by atoms with E-state index in [1.54, 1.807) is 54.6 Å². The van der Waals surface area contributed by atoms with Crippen molar-refractivity contribution in [2.24, 2.45) is 0 Å². The molecule has 1 aromatic heterocycles. The fraction of sp³-hybridized carbons (Fsp3) is 0.296. The van der Waals surface area contributed by atoms with Crippen LogP contribution in [0.3, 0.4) is 0 Å². The number of anilines is 2. The van der Waals surface area contributed by atoms with Crippen LogP contribution in [-0.2, 0) is 0 Å². The van der Waals surface area contributed by atoms with Crippen molar-refractivity contribution in [2.75, 3.05) is 17.7 Å². The number of carbonyl (C=O) groups is 3. The zero-order valence-electron chi connectivity index (χ0n) is 19.5. The van der Waals surface area contributed by atoms with E-state index in [4.69, 9.17) is 4.42 Å². The lowest BCUT2D eigenvalue weighted by Gasteiger charge is -2.31. The molecule has 1 heterocycles. The monoisotopic (exact) mass is 459 g/mol. The molecule has 0 unspecified atom stereocenters. The Balaban J connectivity index is 1.40. The number of hydrogen-bond donors (Lipinski definition) is 2. The zero-order chi connectivity index (χ0) is 24.1. The normalized spacial score (nSPS) is 13.8. The van der Waals surface area contributed by atoms with Gasteiger partial charge in [-0.2, -0.15) is 0 Å². The van der Waals surface area contributed by atoms with Crippen molar-refractivity contribution < 1.29 is 18.8 Å². The lowest BCUT2D eigenvalue weighted by Crippen LogP contribution is -2.38. The van der Waals surface area contributed by atoms with Gasteiger partial charge in [-0.25, -0.2) is 0 Å². The Morgan fingerprint density at radius 2 is 1.59 bits per heavy atom. The average molecular weight is 460 g/mol. The number of benzene rings is 2. The second kappa shape index (κ2) is 10.4. The summed E-state index contributed by atoms with van der Waals surface area (Å²) in [5.74, 6) is -0.505. The number of aryl methyl sites for hydroxylation is 1. The highest BCUT2D eigenvalue weighted by atomic mass is 16.3. The van der Waals surface area contributed by atoms with E-state index in [1.807, 2.05) is 18.9 Å². The van der Waals surface area contributed by atoms with Gasteiger partial charge in [0.15, 0.2) is 5.76 Å². The van der Waals surface area contributed by atoms with Crippen molar-refractivity contribution in [1.82, 2.24) is 4.90 Å². The quantitative estimate of drug-likeness (QED) is 0.509. The minimum atomic E-state index is -0.385. The van der Waals surface area contributed by atoms with Gasteiger partial charge in [0, 0.05) is 35.6 Å². The predicted molar refractivity (Wildman–Crippen MR) is 131 cm³/mol. The predicted octanol–water partition coefficient (Wildman–Crippen LogP) is 5.50. The summed E-state index contributed by atoms with van der Waals surface area (Å²) in [4.78, 5) is 39.8. The van der Waals surface area contributed by atoms with Crippen LogP contribution in [0.5, 0.6) is 0 Å². The van der Waals surface area contributed by atoms with Crippen molar-refractivity contribution in [3.8, 4) is 0 Å². The molecule has 4 rings (SSSR count). The Morgan fingerprint density at radius 1 is 0.882 bits per heavy atom. The summed E-state index contributed by atoms with van der Waals surface area (Å²) in [6.45, 7) is 1.85. The summed E-state index contributed by atoms with van der Waals surface area (Å²) >= 11 is 0. The summed E-state index contributed by atoms with van der Waals surface area (Å²) < 4.78 is 5.12. The summed E-state index contributed by atoms with van der Waals surface area (Å²) in [5, 5.41) is 5.62. The molecular formula is C27H29N3O4. The van der Waals surface area contributed by atoms with Gasteiger partial charge in [-0.05, 0) is 73.9 Å². The van der Waals surface area contributed by atoms with E-state index in [1.165, 1.54) is 25.5 Å². The third-order valence-electron chi connectivity index (χ3n) is 6.33. The first-order chi connectivity index (χ1) is 16.4. The first-order valence-corrected chi connectivity index (χ1v) is 11.6. The highest BCUT2D eigenvalue weighted by Gasteiger charge is 2.23. The standard InChI is InChI=1S/C27H29N3O4/c1-18-10-11-20(17-23(18)29-26(32)24-9-6-16-34-24)25(31)28-21-14-12-19(13-15-21)27(33)30(2)22-7-4-3-5-8-22/h6,9-17,22H,3-5,7-8H2,1-2H3,(H,28,31)(H,29,32). The minimum Gasteiger partial charge on any atom is -0.459 e. The number of carbonyl (C=O) groups excluding carboxylic acids is 3. The Labute approximate surface area is 199 Å². The number of rotatable bonds is 6. The molecule has 34 heavy (non-hydrogen) atoms. The second-order valence-corrected chi connectivity index (χ2v) is 8.70. The maximum atomic E-state index is 12.8. The third-order valence-corrected chi connectivity index (χ3v) is 6.33. The largest absolute Gasteiger partial charge is 0.459 e. The minimum absolute atomic E-state index is 0.000233. The molecule has 1 aliphatic rings. The summed E-state index contributed by atoms with van der Waals surface area (Å²) in [6.07, 6.45) is 7.11. The van der Waals surface area contributed by atoms with Crippen LogP contribution in [0.25, 0.3) is 0 Å². The SMILES string of the molecule is Cc1ccc(C(=O)Nc2ccc(C(=O)N(C)C3CCCCC3)cc2)cc1NC(=O)c1ccco1. The van der Waals surface area contributed by atoms with Gasteiger partial charge in [0.1, 0.15) is 0 Å². The topological polar surface area (TPSA) is 91.7 Å². The molecule has 3 amide bonds. The van der Waals surface area contributed by atoms with Crippen molar-refractivity contribution in [1.29, 1.82) is 0 Å². The van der Waals surface area contributed by atoms with Crippen LogP contribution >= 0.6 is 0 Å². The number of nitrogens with one attached hydrogen (secondary N) is 2. The number of furan rings is 1. The van der Waals surface area contributed by atoms with Crippen LogP contribution in [-0.4, -0.2) is 35.7 Å². The van der Waals surface area contributed by atoms with Gasteiger partial charge in [0.05, 0.1) is 6.26 Å². The summed E-state index contributed by atoms with van der Waals surface area (Å²) in [7, 11) is 1.87. The second-order valence-electron chi connectivity index (χ2n) is 8.70. The molecule has 3 aromatic rings. The average Bonchev–Trinajstić information content (AvgIpc) is 3.41. The number of hydrogen-bond acceptors (Lipinski definition) is 4. The van der Waals surface area contributed by atoms with E-state index >= 15 is 0 Å². The smallest absolute Gasteiger partial charge is 0.291 e. The van der Waals surface area contributed by atoms with Crippen molar-refractivity contribution >= 4 is 29.1 Å². The molecule has 2 N–H and O–H groups in total. The van der Waals surface area contributed by atoms with Gasteiger partial charge in [-0.3, -0.25) is 14.4 Å². The van der Waals surface area contributed by atoms with Crippen LogP contribution < -0.4 is 10.6 Å². The van der Waals surface area contributed by atoms with Crippen molar-refractivity contribution in [2.45, 2.75) is 45.1 Å². The van der Waals surface area contributed by atoms with Gasteiger partial charge in [-0.1, -0.05) is 25.3 Å². The molecule has 1 aliphatic carbocycles. The molecule has 7 nitrogen and oxygen atoms in total. The number of amides is 3. The molecule has 0 saturated heterocycles. The van der Waals surface area contributed by atoms with Crippen LogP contribution in [0.4, 0.5) is 11.4 Å². The molecule has 0 radical (unpaired) electrons. The lowest BCUT2D eigenvalue weighted by molar-refractivity contribution is 0.0696. The van der Waals surface area contributed by atoms with E-state index in [9.17, 15) is 14.4 Å². The fourth-order valence-corrected chi connectivity index (χ4v) is 4.23. The van der Waals surface area contributed by atoms with Crippen LogP contribution in [0.2, 0.25) is 0 Å². The highest BCUT2D eigenvalue weighted by molar-refractivity contribution is 6.07. The molecule has 0 atom stereocenters. The molecule has 0 bridgehead atoms. The van der Waals surface area contributed by atoms with E-state index in [-0.39, 0.29) is 23.5 Å². The van der Waals surface area contributed by atoms with Crippen molar-refractivity contribution in [3.63, 3.8) is 0 Å². The Kier molecular flexibility index (Phi) is 7.11. The fourth-order valence-electron chi connectivity index (χ4n) is 4.23. The molecule has 0 aliphatic heterocycles. The first kappa shape index (κ1) is 23.3. The summed E-state index contributed by atoms with van der Waals surface area (Å²) in [6, 6.07) is 15.5. The maximum absolute atomic E-state index is 12.8. The Morgan fingerprint density at radius 3 is 2.26 bits per heavy atom. The van der Waals surface area contributed by atoms with Gasteiger partial charge >= 0.3 is 0 Å². The highest BCUT2D eigenvalue weighted by Crippen LogP contribution is 2.24. The van der Waals surface area contributed by atoms with Crippen LogP contribution in [0.1, 0.15) is 68.9 Å². The molecule has 1 saturated carbocycles. The van der Waals surface area contributed by atoms with Gasteiger partial charge in [0.25, 0.3) is 17.7 Å². The molecule has 0 spiro atoms. The molecule has 2 aromatic carbocycles. The van der Waals surface area contributed by atoms with Crippen LogP contribution in [0.15, 0.2) is 65.3 Å². The molecule has 176 valence electrons. The Hall–Kier alpha value is -3.87. The van der Waals surface area contributed by atoms with Crippen LogP contribution in [0, 0.1) is 6.92 Å². The van der Waals surface area contributed by atoms with Gasteiger partial charge in [-0.15, -0.1) is 0 Å². The van der Waals surface area contributed by atoms with Gasteiger partial charge < -0.3 is 20.0 Å². The number of nitrogens with zero attached hydrogens (tertiary/aromatic N) is 1. The van der Waals surface area contributed by atoms with E-state index < -0.39 is 0 Å². The lowest BCUT2D eigenvalue weighted by atomic mass is 9.94. The molecular weight excluding hydrogens is 430 g/mol. The van der Waals surface area contributed by atoms with E-state index in [0.29, 0.717) is 28.5 Å². The van der Waals surface area contributed by atoms with E-state index in [2.05, 4.69) is 10.6 Å². The Bertz CT molecular complexity index is 1160. The summed E-state index contributed by atoms with van der Waals surface area (Å²) in [5.41, 5.74) is 2.94.